The molecule has 1 atom stereocenters. The van der Waals surface area contributed by atoms with Crippen LogP contribution in [0.2, 0.25) is 0 Å². The number of esters is 1. The number of carbonyl (C=O) groups excluding carboxylic acids is 2. The molecule has 0 aliphatic carbocycles. The molecule has 0 radical (unpaired) electrons. The number of carbonyl (C=O) groups is 2. The highest BCUT2D eigenvalue weighted by Crippen LogP contribution is 2.46. The number of allylic oxidation sites excluding steroid dienone is 3. The highest BCUT2D eigenvalue weighted by Gasteiger charge is 2.42. The number of amidine groups is 1. The van der Waals surface area contributed by atoms with Gasteiger partial charge in [-0.25, -0.2) is 9.79 Å². The van der Waals surface area contributed by atoms with Gasteiger partial charge in [0.05, 0.1) is 29.3 Å². The van der Waals surface area contributed by atoms with Crippen molar-refractivity contribution in [2.75, 3.05) is 7.11 Å². The fraction of sp³-hybridized carbons (Fsp3) is 0.316. The zero-order valence-electron chi connectivity index (χ0n) is 14.9. The number of methoxy groups -OCH3 is 1. The monoisotopic (exact) mass is 356 g/mol. The molecule has 130 valence electrons. The Kier molecular flexibility index (Phi) is 4.56. The normalized spacial score (nSPS) is 19.8. The summed E-state index contributed by atoms with van der Waals surface area (Å²) in [5, 5.41) is 0.721. The number of benzene rings is 1. The molecule has 0 fully saturated rings. The van der Waals surface area contributed by atoms with Gasteiger partial charge in [0.15, 0.2) is 11.0 Å². The lowest BCUT2D eigenvalue weighted by Crippen LogP contribution is -2.35. The molecule has 6 heteroatoms. The fourth-order valence-electron chi connectivity index (χ4n) is 3.14. The molecule has 5 nitrogen and oxygen atoms in total. The summed E-state index contributed by atoms with van der Waals surface area (Å²) in [7, 11) is 1.37. The van der Waals surface area contributed by atoms with Crippen molar-refractivity contribution in [3.05, 3.63) is 57.3 Å². The fourth-order valence-corrected chi connectivity index (χ4v) is 4.23. The average molecular weight is 356 g/mol. The number of aryl methyl sites for hydroxylation is 1. The van der Waals surface area contributed by atoms with Gasteiger partial charge in [0, 0.05) is 5.70 Å². The SMILES string of the molecule is COC(=O)C1=C(C)N=C2SC(C(C)=O)=C(C)N2[C@@H]1c1ccc(C)cc1. The summed E-state index contributed by atoms with van der Waals surface area (Å²) in [6.07, 6.45) is 0. The lowest BCUT2D eigenvalue weighted by Gasteiger charge is -2.35. The standard InChI is InChI=1S/C19H20N2O3S/c1-10-6-8-14(9-7-10)16-15(18(23)24-5)11(2)20-19-21(16)12(3)17(25-19)13(4)22/h6-9,16H,1-5H3/t16-/m1/s1. The van der Waals surface area contributed by atoms with E-state index in [0.29, 0.717) is 16.2 Å². The molecule has 0 saturated heterocycles. The smallest absolute Gasteiger partial charge is 0.338 e. The van der Waals surface area contributed by atoms with Gasteiger partial charge in [-0.05, 0) is 45.0 Å². The highest BCUT2D eigenvalue weighted by molar-refractivity contribution is 8.18. The van der Waals surface area contributed by atoms with Crippen LogP contribution in [0.4, 0.5) is 0 Å². The predicted molar refractivity (Wildman–Crippen MR) is 98.9 cm³/mol. The minimum atomic E-state index is -0.403. The molecule has 0 N–H and O–H groups in total. The third-order valence-corrected chi connectivity index (χ3v) is 5.65. The lowest BCUT2D eigenvalue weighted by atomic mass is 9.93. The Morgan fingerprint density at radius 1 is 1.16 bits per heavy atom. The number of hydrogen-bond acceptors (Lipinski definition) is 6. The van der Waals surface area contributed by atoms with Gasteiger partial charge in [-0.3, -0.25) is 4.79 Å². The Balaban J connectivity index is 2.20. The highest BCUT2D eigenvalue weighted by atomic mass is 32.2. The third kappa shape index (κ3) is 2.91. The van der Waals surface area contributed by atoms with Gasteiger partial charge in [-0.2, -0.15) is 0 Å². The summed E-state index contributed by atoms with van der Waals surface area (Å²) in [6.45, 7) is 7.26. The molecular formula is C19H20N2O3S. The number of thioether (sulfide) groups is 1. The summed E-state index contributed by atoms with van der Waals surface area (Å²) in [5.41, 5.74) is 4.04. The van der Waals surface area contributed by atoms with Crippen LogP contribution < -0.4 is 0 Å². The maximum atomic E-state index is 12.5. The Hall–Kier alpha value is -2.34. The molecule has 1 aromatic rings. The molecule has 0 saturated carbocycles. The maximum absolute atomic E-state index is 12.5. The van der Waals surface area contributed by atoms with Crippen molar-refractivity contribution < 1.29 is 14.3 Å². The topological polar surface area (TPSA) is 59.0 Å². The molecule has 3 rings (SSSR count). The summed E-state index contributed by atoms with van der Waals surface area (Å²) < 4.78 is 5.01. The van der Waals surface area contributed by atoms with E-state index in [2.05, 4.69) is 4.99 Å². The molecule has 2 heterocycles. The van der Waals surface area contributed by atoms with Crippen molar-refractivity contribution in [3.8, 4) is 0 Å². The number of nitrogens with zero attached hydrogens (tertiary/aromatic N) is 2. The van der Waals surface area contributed by atoms with E-state index in [1.54, 1.807) is 13.8 Å². The summed E-state index contributed by atoms with van der Waals surface area (Å²) in [6, 6.07) is 7.68. The average Bonchev–Trinajstić information content (AvgIpc) is 2.90. The van der Waals surface area contributed by atoms with Crippen LogP contribution in [0, 0.1) is 6.92 Å². The van der Waals surface area contributed by atoms with Gasteiger partial charge in [0.2, 0.25) is 0 Å². The van der Waals surface area contributed by atoms with E-state index in [4.69, 9.17) is 4.74 Å². The van der Waals surface area contributed by atoms with Crippen LogP contribution in [0.3, 0.4) is 0 Å². The van der Waals surface area contributed by atoms with Crippen LogP contribution in [0.5, 0.6) is 0 Å². The number of rotatable bonds is 3. The van der Waals surface area contributed by atoms with E-state index in [0.717, 1.165) is 22.0 Å². The lowest BCUT2D eigenvalue weighted by molar-refractivity contribution is -0.136. The second kappa shape index (κ2) is 6.52. The molecule has 2 aliphatic heterocycles. The summed E-state index contributed by atoms with van der Waals surface area (Å²) >= 11 is 1.36. The largest absolute Gasteiger partial charge is 0.466 e. The molecule has 0 amide bonds. The van der Waals surface area contributed by atoms with Crippen molar-refractivity contribution in [3.63, 3.8) is 0 Å². The van der Waals surface area contributed by atoms with Crippen LogP contribution >= 0.6 is 11.8 Å². The van der Waals surface area contributed by atoms with Crippen molar-refractivity contribution in [1.29, 1.82) is 0 Å². The van der Waals surface area contributed by atoms with E-state index < -0.39 is 5.97 Å². The quantitative estimate of drug-likeness (QED) is 0.773. The first kappa shape index (κ1) is 17.5. The second-order valence-corrected chi connectivity index (χ2v) is 7.12. The number of ether oxygens (including phenoxy) is 1. The Labute approximate surface area is 151 Å². The summed E-state index contributed by atoms with van der Waals surface area (Å²) in [4.78, 5) is 31.6. The predicted octanol–water partition coefficient (Wildman–Crippen LogP) is 3.72. The minimum Gasteiger partial charge on any atom is -0.466 e. The van der Waals surface area contributed by atoms with E-state index in [1.807, 2.05) is 43.0 Å². The third-order valence-electron chi connectivity index (χ3n) is 4.39. The van der Waals surface area contributed by atoms with Crippen molar-refractivity contribution >= 4 is 28.7 Å². The maximum Gasteiger partial charge on any atom is 0.338 e. The molecule has 0 bridgehead atoms. The van der Waals surface area contributed by atoms with E-state index in [9.17, 15) is 9.59 Å². The molecule has 2 aliphatic rings. The number of ketones is 1. The van der Waals surface area contributed by atoms with Crippen molar-refractivity contribution in [2.24, 2.45) is 4.99 Å². The van der Waals surface area contributed by atoms with Gasteiger partial charge in [-0.1, -0.05) is 29.8 Å². The summed E-state index contributed by atoms with van der Waals surface area (Å²) in [5.74, 6) is -0.403. The van der Waals surface area contributed by atoms with Gasteiger partial charge in [-0.15, -0.1) is 0 Å². The molecule has 25 heavy (non-hydrogen) atoms. The van der Waals surface area contributed by atoms with Gasteiger partial charge in [0.25, 0.3) is 0 Å². The second-order valence-electron chi connectivity index (χ2n) is 6.14. The number of Topliss-reactive ketones (excluding diaryl/α,β-unsaturated/α-hetero) is 1. The number of fused-ring (bicyclic) bond motifs is 1. The van der Waals surface area contributed by atoms with Gasteiger partial charge in [0.1, 0.15) is 0 Å². The van der Waals surface area contributed by atoms with Crippen molar-refractivity contribution in [2.45, 2.75) is 33.7 Å². The zero-order chi connectivity index (χ0) is 18.3. The van der Waals surface area contributed by atoms with Crippen LogP contribution in [0.15, 0.2) is 51.1 Å². The Morgan fingerprint density at radius 3 is 2.36 bits per heavy atom. The van der Waals surface area contributed by atoms with Gasteiger partial charge < -0.3 is 9.64 Å². The van der Waals surface area contributed by atoms with E-state index in [1.165, 1.54) is 18.9 Å². The number of aliphatic imine (C=N–C) groups is 1. The molecule has 0 unspecified atom stereocenters. The van der Waals surface area contributed by atoms with E-state index >= 15 is 0 Å². The Morgan fingerprint density at radius 2 is 1.80 bits per heavy atom. The number of hydrogen-bond donors (Lipinski definition) is 0. The molecular weight excluding hydrogens is 336 g/mol. The Bertz CT molecular complexity index is 850. The molecule has 1 aromatic carbocycles. The first-order valence-corrected chi connectivity index (χ1v) is 8.80. The first-order chi connectivity index (χ1) is 11.8. The van der Waals surface area contributed by atoms with Gasteiger partial charge >= 0.3 is 5.97 Å². The van der Waals surface area contributed by atoms with E-state index in [-0.39, 0.29) is 11.8 Å². The first-order valence-electron chi connectivity index (χ1n) is 7.98. The molecule has 0 spiro atoms. The molecule has 0 aromatic heterocycles. The van der Waals surface area contributed by atoms with Crippen LogP contribution in [0.1, 0.15) is 37.9 Å². The van der Waals surface area contributed by atoms with Crippen LogP contribution in [-0.2, 0) is 14.3 Å². The minimum absolute atomic E-state index is 0.000438. The van der Waals surface area contributed by atoms with Crippen LogP contribution in [-0.4, -0.2) is 28.9 Å². The van der Waals surface area contributed by atoms with Crippen molar-refractivity contribution in [1.82, 2.24) is 4.90 Å². The zero-order valence-corrected chi connectivity index (χ0v) is 15.7. The van der Waals surface area contributed by atoms with Crippen LogP contribution in [0.25, 0.3) is 0 Å².